The van der Waals surface area contributed by atoms with E-state index in [2.05, 4.69) is 5.32 Å². The Bertz CT molecular complexity index is 1250. The summed E-state index contributed by atoms with van der Waals surface area (Å²) in [6.45, 7) is 6.12. The molecule has 1 N–H and O–H groups in total. The monoisotopic (exact) mass is 480 g/mol. The van der Waals surface area contributed by atoms with Crippen molar-refractivity contribution in [2.45, 2.75) is 39.8 Å². The summed E-state index contributed by atoms with van der Waals surface area (Å²) in [5.41, 5.74) is 4.95. The predicted octanol–water partition coefficient (Wildman–Crippen LogP) is 5.16. The number of carbonyl (C=O) groups is 1. The summed E-state index contributed by atoms with van der Waals surface area (Å²) in [5.74, 6) is 0.639. The van der Waals surface area contributed by atoms with Crippen LogP contribution in [-0.4, -0.2) is 27.7 Å². The molecule has 180 valence electrons. The molecule has 0 unspecified atom stereocenters. The number of amides is 1. The number of aryl methyl sites for hydroxylation is 2. The van der Waals surface area contributed by atoms with Gasteiger partial charge in [0.25, 0.3) is 5.91 Å². The average Bonchev–Trinajstić information content (AvgIpc) is 2.80. The smallest absolute Gasteiger partial charge is 0.251 e. The number of nitrogens with zero attached hydrogens (tertiary/aromatic N) is 1. The number of hydrogen-bond donors (Lipinski definition) is 1. The molecule has 1 amide bonds. The van der Waals surface area contributed by atoms with E-state index in [0.29, 0.717) is 11.3 Å². The van der Waals surface area contributed by atoms with E-state index < -0.39 is 10.0 Å². The van der Waals surface area contributed by atoms with Gasteiger partial charge in [0.05, 0.1) is 31.6 Å². The summed E-state index contributed by atoms with van der Waals surface area (Å²) in [6, 6.07) is 20.2. The first-order chi connectivity index (χ1) is 16.1. The molecule has 0 spiro atoms. The van der Waals surface area contributed by atoms with E-state index in [9.17, 15) is 13.2 Å². The van der Waals surface area contributed by atoms with Crippen molar-refractivity contribution in [3.05, 3.63) is 94.5 Å². The second-order valence-electron chi connectivity index (χ2n) is 8.47. The number of carbonyl (C=O) groups excluding carboxylic acids is 1. The molecule has 0 radical (unpaired) electrons. The molecule has 0 aliphatic carbocycles. The molecule has 0 fully saturated rings. The molecule has 3 rings (SSSR count). The van der Waals surface area contributed by atoms with Gasteiger partial charge in [-0.15, -0.1) is 0 Å². The van der Waals surface area contributed by atoms with Crippen LogP contribution in [0.25, 0.3) is 0 Å². The molecule has 7 heteroatoms. The quantitative estimate of drug-likeness (QED) is 0.459. The maximum Gasteiger partial charge on any atom is 0.251 e. The van der Waals surface area contributed by atoms with Gasteiger partial charge >= 0.3 is 0 Å². The number of hydrogen-bond acceptors (Lipinski definition) is 4. The molecule has 0 bridgehead atoms. The lowest BCUT2D eigenvalue weighted by atomic mass is 10.0. The third-order valence-corrected chi connectivity index (χ3v) is 6.91. The molecule has 3 aromatic carbocycles. The number of nitrogens with one attached hydrogen (secondary N) is 1. The van der Waals surface area contributed by atoms with E-state index in [1.54, 1.807) is 37.4 Å². The molecular weight excluding hydrogens is 448 g/mol. The van der Waals surface area contributed by atoms with Crippen LogP contribution in [0.3, 0.4) is 0 Å². The topological polar surface area (TPSA) is 75.7 Å². The molecule has 6 nitrogen and oxygen atoms in total. The highest BCUT2D eigenvalue weighted by molar-refractivity contribution is 7.92. The van der Waals surface area contributed by atoms with E-state index >= 15 is 0 Å². The lowest BCUT2D eigenvalue weighted by molar-refractivity contribution is 0.0935. The summed E-state index contributed by atoms with van der Waals surface area (Å²) in [4.78, 5) is 12.9. The fourth-order valence-corrected chi connectivity index (χ4v) is 4.77. The first kappa shape index (κ1) is 25.3. The average molecular weight is 481 g/mol. The van der Waals surface area contributed by atoms with Crippen LogP contribution in [0, 0.1) is 13.8 Å². The van der Waals surface area contributed by atoms with Crippen molar-refractivity contribution < 1.29 is 17.9 Å². The standard InChI is InChI=1S/C27H32N2O4S/c1-6-25(23-14-15-26(33-4)20(3)17-23)28-27(30)22-12-10-21(11-13-22)18-29(34(5,31)32)24-9-7-8-19(2)16-24/h7-17,25H,6,18H2,1-5H3,(H,28,30)/t25-/m1/s1. The Labute approximate surface area is 202 Å². The Kier molecular flexibility index (Phi) is 7.99. The molecule has 0 aliphatic rings. The van der Waals surface area contributed by atoms with Crippen molar-refractivity contribution in [3.63, 3.8) is 0 Å². The summed E-state index contributed by atoms with van der Waals surface area (Å²) in [7, 11) is -1.83. The molecule has 1 atom stereocenters. The maximum atomic E-state index is 12.9. The zero-order valence-electron chi connectivity index (χ0n) is 20.3. The number of sulfonamides is 1. The Hall–Kier alpha value is -3.32. The van der Waals surface area contributed by atoms with E-state index in [1.807, 2.05) is 57.2 Å². The molecule has 0 saturated heterocycles. The van der Waals surface area contributed by atoms with Crippen molar-refractivity contribution in [2.24, 2.45) is 0 Å². The highest BCUT2D eigenvalue weighted by atomic mass is 32.2. The third kappa shape index (κ3) is 6.17. The zero-order valence-corrected chi connectivity index (χ0v) is 21.1. The van der Waals surface area contributed by atoms with Crippen LogP contribution in [0.1, 0.15) is 52.0 Å². The lowest BCUT2D eigenvalue weighted by Gasteiger charge is -2.23. The molecule has 3 aromatic rings. The van der Waals surface area contributed by atoms with Crippen LogP contribution in [-0.2, 0) is 16.6 Å². The van der Waals surface area contributed by atoms with E-state index in [1.165, 1.54) is 10.6 Å². The van der Waals surface area contributed by atoms with Crippen molar-refractivity contribution in [3.8, 4) is 5.75 Å². The van der Waals surface area contributed by atoms with E-state index in [4.69, 9.17) is 4.74 Å². The number of benzene rings is 3. The number of rotatable bonds is 9. The largest absolute Gasteiger partial charge is 0.496 e. The van der Waals surface area contributed by atoms with Gasteiger partial charge in [-0.3, -0.25) is 9.10 Å². The fraction of sp³-hybridized carbons (Fsp3) is 0.296. The van der Waals surface area contributed by atoms with Gasteiger partial charge in [-0.2, -0.15) is 0 Å². The normalized spacial score (nSPS) is 12.1. The van der Waals surface area contributed by atoms with Gasteiger partial charge in [0, 0.05) is 5.56 Å². The number of anilines is 1. The summed E-state index contributed by atoms with van der Waals surface area (Å²) in [5, 5.41) is 3.09. The van der Waals surface area contributed by atoms with Crippen LogP contribution in [0.4, 0.5) is 5.69 Å². The van der Waals surface area contributed by atoms with Crippen LogP contribution in [0.2, 0.25) is 0 Å². The highest BCUT2D eigenvalue weighted by Gasteiger charge is 2.19. The summed E-state index contributed by atoms with van der Waals surface area (Å²) in [6.07, 6.45) is 1.94. The van der Waals surface area contributed by atoms with Gasteiger partial charge < -0.3 is 10.1 Å². The maximum absolute atomic E-state index is 12.9. The van der Waals surface area contributed by atoms with Crippen LogP contribution in [0.5, 0.6) is 5.75 Å². The van der Waals surface area contributed by atoms with E-state index in [-0.39, 0.29) is 18.5 Å². The molecule has 34 heavy (non-hydrogen) atoms. The van der Waals surface area contributed by atoms with Crippen molar-refractivity contribution in [2.75, 3.05) is 17.7 Å². The van der Waals surface area contributed by atoms with Crippen LogP contribution >= 0.6 is 0 Å². The first-order valence-electron chi connectivity index (χ1n) is 11.2. The minimum Gasteiger partial charge on any atom is -0.496 e. The number of methoxy groups -OCH3 is 1. The summed E-state index contributed by atoms with van der Waals surface area (Å²) < 4.78 is 31.6. The van der Waals surface area contributed by atoms with Gasteiger partial charge in [0.1, 0.15) is 5.75 Å². The predicted molar refractivity (Wildman–Crippen MR) is 137 cm³/mol. The SMILES string of the molecule is CC[C@@H](NC(=O)c1ccc(CN(c2cccc(C)c2)S(C)(=O)=O)cc1)c1ccc(OC)c(C)c1. The Morgan fingerprint density at radius 2 is 1.74 bits per heavy atom. The molecule has 0 aliphatic heterocycles. The van der Waals surface area contributed by atoms with Crippen molar-refractivity contribution in [1.82, 2.24) is 5.32 Å². The van der Waals surface area contributed by atoms with Gasteiger partial charge in [0.15, 0.2) is 0 Å². The van der Waals surface area contributed by atoms with Gasteiger partial charge in [-0.05, 0) is 72.9 Å². The molecular formula is C27H32N2O4S. The summed E-state index contributed by atoms with van der Waals surface area (Å²) >= 11 is 0. The Morgan fingerprint density at radius 1 is 1.03 bits per heavy atom. The minimum absolute atomic E-state index is 0.126. The number of ether oxygens (including phenoxy) is 1. The molecule has 0 aromatic heterocycles. The Morgan fingerprint density at radius 3 is 2.29 bits per heavy atom. The van der Waals surface area contributed by atoms with Crippen LogP contribution in [0.15, 0.2) is 66.7 Å². The van der Waals surface area contributed by atoms with Crippen molar-refractivity contribution in [1.29, 1.82) is 0 Å². The Balaban J connectivity index is 1.75. The zero-order chi connectivity index (χ0) is 24.9. The van der Waals surface area contributed by atoms with Crippen molar-refractivity contribution >= 4 is 21.6 Å². The fourth-order valence-electron chi connectivity index (χ4n) is 3.89. The highest BCUT2D eigenvalue weighted by Crippen LogP contribution is 2.25. The first-order valence-corrected chi connectivity index (χ1v) is 13.1. The van der Waals surface area contributed by atoms with Gasteiger partial charge in [-0.1, -0.05) is 43.3 Å². The molecule has 0 saturated carbocycles. The van der Waals surface area contributed by atoms with Gasteiger partial charge in [0.2, 0.25) is 10.0 Å². The lowest BCUT2D eigenvalue weighted by Crippen LogP contribution is -2.29. The third-order valence-electron chi connectivity index (χ3n) is 5.77. The second kappa shape index (κ2) is 10.7. The molecule has 0 heterocycles. The van der Waals surface area contributed by atoms with Gasteiger partial charge in [-0.25, -0.2) is 8.42 Å². The second-order valence-corrected chi connectivity index (χ2v) is 10.4. The minimum atomic E-state index is -3.47. The van der Waals surface area contributed by atoms with Crippen LogP contribution < -0.4 is 14.4 Å². The van der Waals surface area contributed by atoms with E-state index in [0.717, 1.165) is 34.4 Å².